The number of amides is 1. The lowest BCUT2D eigenvalue weighted by Crippen LogP contribution is -2.20. The van der Waals surface area contributed by atoms with Gasteiger partial charge in [0.2, 0.25) is 0 Å². The van der Waals surface area contributed by atoms with Crippen molar-refractivity contribution in [3.63, 3.8) is 0 Å². The molecule has 0 spiro atoms. The smallest absolute Gasteiger partial charge is 0.257 e. The molecule has 142 valence electrons. The highest BCUT2D eigenvalue weighted by Gasteiger charge is 2.16. The van der Waals surface area contributed by atoms with Gasteiger partial charge in [0, 0.05) is 25.8 Å². The molecule has 0 aliphatic carbocycles. The molecule has 5 nitrogen and oxygen atoms in total. The van der Waals surface area contributed by atoms with E-state index in [0.717, 1.165) is 30.3 Å². The summed E-state index contributed by atoms with van der Waals surface area (Å²) >= 11 is 0. The van der Waals surface area contributed by atoms with E-state index in [1.54, 1.807) is 6.20 Å². The van der Waals surface area contributed by atoms with Gasteiger partial charge in [0.15, 0.2) is 0 Å². The predicted molar refractivity (Wildman–Crippen MR) is 115 cm³/mol. The van der Waals surface area contributed by atoms with Gasteiger partial charge in [0.25, 0.3) is 5.91 Å². The number of carbonyl (C=O) groups excluding carboxylic acids is 1. The lowest BCUT2D eigenvalue weighted by Gasteiger charge is -2.22. The molecular weight excluding hydrogens is 348 g/mol. The molecule has 1 aliphatic heterocycles. The Hall–Kier alpha value is -3.34. The van der Waals surface area contributed by atoms with Gasteiger partial charge in [-0.25, -0.2) is 4.98 Å². The Bertz CT molecular complexity index is 934. The molecule has 5 heteroatoms. The van der Waals surface area contributed by atoms with Gasteiger partial charge in [0.1, 0.15) is 5.82 Å². The number of benzene rings is 2. The van der Waals surface area contributed by atoms with Crippen LogP contribution in [0.25, 0.3) is 0 Å². The van der Waals surface area contributed by atoms with Crippen molar-refractivity contribution in [3.8, 4) is 0 Å². The van der Waals surface area contributed by atoms with E-state index >= 15 is 0 Å². The maximum absolute atomic E-state index is 12.9. The van der Waals surface area contributed by atoms with Gasteiger partial charge in [-0.1, -0.05) is 30.3 Å². The van der Waals surface area contributed by atoms with Gasteiger partial charge < -0.3 is 15.1 Å². The summed E-state index contributed by atoms with van der Waals surface area (Å²) in [6.45, 7) is 2.11. The van der Waals surface area contributed by atoms with Crippen LogP contribution in [0.2, 0.25) is 0 Å². The second-order valence-electron chi connectivity index (χ2n) is 6.97. The fourth-order valence-electron chi connectivity index (χ4n) is 3.54. The van der Waals surface area contributed by atoms with Crippen molar-refractivity contribution >= 4 is 28.8 Å². The molecule has 1 saturated heterocycles. The van der Waals surface area contributed by atoms with Crippen LogP contribution in [-0.4, -0.2) is 31.0 Å². The SMILES string of the molecule is CN(c1ccccc1)c1ccccc1C(=O)Nc1ccc(N2CCCC2)nc1. The minimum atomic E-state index is -0.144. The van der Waals surface area contributed by atoms with Crippen LogP contribution in [0.5, 0.6) is 0 Å². The zero-order valence-corrected chi connectivity index (χ0v) is 16.0. The highest BCUT2D eigenvalue weighted by Crippen LogP contribution is 2.27. The summed E-state index contributed by atoms with van der Waals surface area (Å²) in [7, 11) is 1.97. The quantitative estimate of drug-likeness (QED) is 0.705. The standard InChI is InChI=1S/C23H24N4O/c1-26(19-9-3-2-4-10-19)21-12-6-5-11-20(21)23(28)25-18-13-14-22(24-17-18)27-15-7-8-16-27/h2-6,9-14,17H,7-8,15-16H2,1H3,(H,25,28). The highest BCUT2D eigenvalue weighted by molar-refractivity contribution is 6.08. The van der Waals surface area contributed by atoms with E-state index < -0.39 is 0 Å². The molecule has 2 aromatic carbocycles. The maximum atomic E-state index is 12.9. The van der Waals surface area contributed by atoms with E-state index in [9.17, 15) is 4.79 Å². The molecule has 0 bridgehead atoms. The maximum Gasteiger partial charge on any atom is 0.257 e. The van der Waals surface area contributed by atoms with Crippen LogP contribution in [-0.2, 0) is 0 Å². The van der Waals surface area contributed by atoms with Gasteiger partial charge >= 0.3 is 0 Å². The minimum absolute atomic E-state index is 0.144. The highest BCUT2D eigenvalue weighted by atomic mass is 16.1. The molecule has 0 unspecified atom stereocenters. The fraction of sp³-hybridized carbons (Fsp3) is 0.217. The van der Waals surface area contributed by atoms with E-state index in [1.807, 2.05) is 78.7 Å². The van der Waals surface area contributed by atoms with Crippen LogP contribution < -0.4 is 15.1 Å². The topological polar surface area (TPSA) is 48.5 Å². The van der Waals surface area contributed by atoms with Crippen LogP contribution in [0.15, 0.2) is 72.9 Å². The Labute approximate surface area is 165 Å². The van der Waals surface area contributed by atoms with Crippen molar-refractivity contribution in [2.75, 3.05) is 35.3 Å². The molecule has 28 heavy (non-hydrogen) atoms. The molecule has 0 atom stereocenters. The Balaban J connectivity index is 1.52. The molecule has 4 rings (SSSR count). The molecule has 1 aromatic heterocycles. The van der Waals surface area contributed by atoms with E-state index in [-0.39, 0.29) is 5.91 Å². The Morgan fingerprint density at radius 2 is 1.68 bits per heavy atom. The first-order valence-corrected chi connectivity index (χ1v) is 9.62. The summed E-state index contributed by atoms with van der Waals surface area (Å²) in [5.74, 6) is 0.828. The summed E-state index contributed by atoms with van der Waals surface area (Å²) in [5, 5.41) is 2.98. The molecule has 3 aromatic rings. The van der Waals surface area contributed by atoms with Gasteiger partial charge in [-0.15, -0.1) is 0 Å². The number of nitrogens with one attached hydrogen (secondary N) is 1. The van der Waals surface area contributed by atoms with Gasteiger partial charge in [-0.3, -0.25) is 4.79 Å². The summed E-state index contributed by atoms with van der Waals surface area (Å²) in [5.41, 5.74) is 3.20. The Kier molecular flexibility index (Phi) is 5.24. The average molecular weight is 372 g/mol. The monoisotopic (exact) mass is 372 g/mol. The zero-order chi connectivity index (χ0) is 19.3. The predicted octanol–water partition coefficient (Wildman–Crippen LogP) is 4.70. The lowest BCUT2D eigenvalue weighted by molar-refractivity contribution is 0.102. The second-order valence-corrected chi connectivity index (χ2v) is 6.97. The normalized spacial score (nSPS) is 13.4. The third kappa shape index (κ3) is 3.83. The number of aromatic nitrogens is 1. The van der Waals surface area contributed by atoms with Crippen molar-refractivity contribution in [2.45, 2.75) is 12.8 Å². The number of carbonyl (C=O) groups is 1. The Morgan fingerprint density at radius 3 is 2.39 bits per heavy atom. The van der Waals surface area contributed by atoms with Crippen LogP contribution in [0.3, 0.4) is 0 Å². The number of hydrogen-bond donors (Lipinski definition) is 1. The van der Waals surface area contributed by atoms with Crippen LogP contribution in [0.4, 0.5) is 22.9 Å². The number of para-hydroxylation sites is 2. The Morgan fingerprint density at radius 1 is 0.964 bits per heavy atom. The van der Waals surface area contributed by atoms with Crippen molar-refractivity contribution in [1.82, 2.24) is 4.98 Å². The first-order valence-electron chi connectivity index (χ1n) is 9.62. The molecule has 1 amide bonds. The zero-order valence-electron chi connectivity index (χ0n) is 16.0. The second kappa shape index (κ2) is 8.13. The number of pyridine rings is 1. The molecule has 1 fully saturated rings. The summed E-state index contributed by atoms with van der Waals surface area (Å²) in [6, 6.07) is 21.5. The first-order chi connectivity index (χ1) is 13.7. The third-order valence-electron chi connectivity index (χ3n) is 5.09. The van der Waals surface area contributed by atoms with Crippen molar-refractivity contribution in [2.24, 2.45) is 0 Å². The van der Waals surface area contributed by atoms with Crippen LogP contribution in [0.1, 0.15) is 23.2 Å². The van der Waals surface area contributed by atoms with Crippen molar-refractivity contribution in [1.29, 1.82) is 0 Å². The van der Waals surface area contributed by atoms with Crippen molar-refractivity contribution < 1.29 is 4.79 Å². The van der Waals surface area contributed by atoms with E-state index in [2.05, 4.69) is 15.2 Å². The molecule has 1 N–H and O–H groups in total. The first kappa shape index (κ1) is 18.0. The largest absolute Gasteiger partial charge is 0.357 e. The average Bonchev–Trinajstić information content (AvgIpc) is 3.29. The van der Waals surface area contributed by atoms with E-state index in [4.69, 9.17) is 0 Å². The number of nitrogens with zero attached hydrogens (tertiary/aromatic N) is 3. The minimum Gasteiger partial charge on any atom is -0.357 e. The van der Waals surface area contributed by atoms with Crippen LogP contribution in [0, 0.1) is 0 Å². The molecule has 2 heterocycles. The van der Waals surface area contributed by atoms with Gasteiger partial charge in [0.05, 0.1) is 23.1 Å². The molecular formula is C23H24N4O. The number of hydrogen-bond acceptors (Lipinski definition) is 4. The van der Waals surface area contributed by atoms with Crippen molar-refractivity contribution in [3.05, 3.63) is 78.5 Å². The molecule has 0 radical (unpaired) electrons. The molecule has 0 saturated carbocycles. The lowest BCUT2D eigenvalue weighted by atomic mass is 10.1. The third-order valence-corrected chi connectivity index (χ3v) is 5.09. The van der Waals surface area contributed by atoms with Gasteiger partial charge in [-0.2, -0.15) is 0 Å². The summed E-state index contributed by atoms with van der Waals surface area (Å²) in [4.78, 5) is 21.7. The summed E-state index contributed by atoms with van der Waals surface area (Å²) < 4.78 is 0. The van der Waals surface area contributed by atoms with E-state index in [0.29, 0.717) is 11.3 Å². The summed E-state index contributed by atoms with van der Waals surface area (Å²) in [6.07, 6.45) is 4.16. The van der Waals surface area contributed by atoms with Gasteiger partial charge in [-0.05, 0) is 49.2 Å². The number of anilines is 4. The fourth-order valence-corrected chi connectivity index (χ4v) is 3.54. The van der Waals surface area contributed by atoms with E-state index in [1.165, 1.54) is 12.8 Å². The molecule has 1 aliphatic rings. The van der Waals surface area contributed by atoms with Crippen LogP contribution >= 0.6 is 0 Å². The number of rotatable bonds is 5.